The van der Waals surface area contributed by atoms with Crippen molar-refractivity contribution in [1.29, 1.82) is 0 Å². The number of benzene rings is 2. The second-order valence-electron chi connectivity index (χ2n) is 8.24. The standard InChI is InChI=1S/C26H22N8/c1-15-6-8-20-23(22(15)16-7-9-21-18(11-16)13-30-26(27-2)32-21)34(3)33-25(20)31-19-12-17-5-4-10-28-24(17)29-14-19/h4-14H,1-3H3,(H,31,33)(H,27,30,32). The lowest BCUT2D eigenvalue weighted by atomic mass is 9.96. The number of aromatic nitrogens is 6. The zero-order chi connectivity index (χ0) is 23.2. The molecule has 2 aromatic carbocycles. The van der Waals surface area contributed by atoms with Gasteiger partial charge >= 0.3 is 0 Å². The van der Waals surface area contributed by atoms with Crippen LogP contribution in [0.5, 0.6) is 0 Å². The van der Waals surface area contributed by atoms with Gasteiger partial charge in [-0.25, -0.2) is 19.9 Å². The molecule has 6 aromatic rings. The number of hydrogen-bond donors (Lipinski definition) is 2. The third-order valence-corrected chi connectivity index (χ3v) is 6.02. The molecule has 4 aromatic heterocycles. The van der Waals surface area contributed by atoms with Gasteiger partial charge in [0.25, 0.3) is 0 Å². The van der Waals surface area contributed by atoms with Crippen molar-refractivity contribution in [2.45, 2.75) is 6.92 Å². The van der Waals surface area contributed by atoms with Gasteiger partial charge in [0.1, 0.15) is 0 Å². The molecular formula is C26H22N8. The van der Waals surface area contributed by atoms with E-state index in [4.69, 9.17) is 5.10 Å². The summed E-state index contributed by atoms with van der Waals surface area (Å²) in [6.45, 7) is 2.12. The molecule has 4 heterocycles. The molecule has 0 aliphatic rings. The summed E-state index contributed by atoms with van der Waals surface area (Å²) in [4.78, 5) is 17.7. The Morgan fingerprint density at radius 1 is 0.912 bits per heavy atom. The molecule has 0 amide bonds. The van der Waals surface area contributed by atoms with Gasteiger partial charge in [0.15, 0.2) is 11.5 Å². The predicted molar refractivity (Wildman–Crippen MR) is 136 cm³/mol. The largest absolute Gasteiger partial charge is 0.357 e. The second kappa shape index (κ2) is 7.77. The lowest BCUT2D eigenvalue weighted by molar-refractivity contribution is 0.801. The van der Waals surface area contributed by atoms with Gasteiger partial charge in [0.2, 0.25) is 5.95 Å². The van der Waals surface area contributed by atoms with E-state index in [-0.39, 0.29) is 0 Å². The minimum Gasteiger partial charge on any atom is -0.357 e. The molecule has 0 saturated carbocycles. The average molecular weight is 447 g/mol. The number of fused-ring (bicyclic) bond motifs is 3. The van der Waals surface area contributed by atoms with E-state index in [0.29, 0.717) is 5.95 Å². The number of nitrogens with zero attached hydrogens (tertiary/aromatic N) is 6. The van der Waals surface area contributed by atoms with E-state index < -0.39 is 0 Å². The minimum absolute atomic E-state index is 0.611. The van der Waals surface area contributed by atoms with Gasteiger partial charge in [-0.2, -0.15) is 5.10 Å². The molecule has 0 spiro atoms. The van der Waals surface area contributed by atoms with Crippen LogP contribution in [0.15, 0.2) is 67.1 Å². The van der Waals surface area contributed by atoms with Crippen molar-refractivity contribution in [3.05, 3.63) is 72.7 Å². The SMILES string of the molecule is CNc1ncc2cc(-c3c(C)ccc4c(Nc5cnc6ncccc6c5)nn(C)c34)ccc2n1. The maximum absolute atomic E-state index is 4.81. The maximum atomic E-state index is 4.81. The highest BCUT2D eigenvalue weighted by atomic mass is 15.3. The third-order valence-electron chi connectivity index (χ3n) is 6.02. The van der Waals surface area contributed by atoms with E-state index in [2.05, 4.69) is 61.8 Å². The molecule has 8 nitrogen and oxygen atoms in total. The molecule has 0 fully saturated rings. The minimum atomic E-state index is 0.611. The molecule has 8 heteroatoms. The van der Waals surface area contributed by atoms with Crippen molar-refractivity contribution in [1.82, 2.24) is 29.7 Å². The lowest BCUT2D eigenvalue weighted by Crippen LogP contribution is -1.97. The van der Waals surface area contributed by atoms with Gasteiger partial charge in [0.05, 0.1) is 22.9 Å². The molecule has 2 N–H and O–H groups in total. The lowest BCUT2D eigenvalue weighted by Gasteiger charge is -2.11. The van der Waals surface area contributed by atoms with E-state index >= 15 is 0 Å². The van der Waals surface area contributed by atoms with E-state index in [0.717, 1.165) is 55.5 Å². The number of anilines is 3. The Labute approximate surface area is 195 Å². The summed E-state index contributed by atoms with van der Waals surface area (Å²) >= 11 is 0. The molecule has 0 atom stereocenters. The molecule has 6 rings (SSSR count). The maximum Gasteiger partial charge on any atom is 0.222 e. The van der Waals surface area contributed by atoms with Gasteiger partial charge in [-0.3, -0.25) is 4.68 Å². The van der Waals surface area contributed by atoms with Crippen LogP contribution in [0.3, 0.4) is 0 Å². The van der Waals surface area contributed by atoms with Crippen molar-refractivity contribution < 1.29 is 0 Å². The zero-order valence-electron chi connectivity index (χ0n) is 19.0. The molecule has 0 radical (unpaired) electrons. The normalized spacial score (nSPS) is 11.4. The molecule has 0 unspecified atom stereocenters. The van der Waals surface area contributed by atoms with Crippen LogP contribution < -0.4 is 10.6 Å². The van der Waals surface area contributed by atoms with Crippen molar-refractivity contribution >= 4 is 50.3 Å². The Balaban J connectivity index is 1.47. The fraction of sp³-hybridized carbons (Fsp3) is 0.115. The number of pyridine rings is 2. The summed E-state index contributed by atoms with van der Waals surface area (Å²) in [5.41, 5.74) is 6.96. The van der Waals surface area contributed by atoms with Gasteiger partial charge in [-0.15, -0.1) is 0 Å². The fourth-order valence-corrected chi connectivity index (χ4v) is 4.41. The van der Waals surface area contributed by atoms with Gasteiger partial charge in [-0.05, 0) is 54.4 Å². The Morgan fingerprint density at radius 3 is 2.71 bits per heavy atom. The van der Waals surface area contributed by atoms with Crippen LogP contribution in [0, 0.1) is 6.92 Å². The summed E-state index contributed by atoms with van der Waals surface area (Å²) in [5, 5.41) is 14.3. The first-order valence-electron chi connectivity index (χ1n) is 11.0. The van der Waals surface area contributed by atoms with Crippen LogP contribution in [0.1, 0.15) is 5.56 Å². The second-order valence-corrected chi connectivity index (χ2v) is 8.24. The Hall–Kier alpha value is -4.59. The van der Waals surface area contributed by atoms with E-state index in [9.17, 15) is 0 Å². The summed E-state index contributed by atoms with van der Waals surface area (Å²) in [6.07, 6.45) is 5.38. The van der Waals surface area contributed by atoms with Gasteiger partial charge < -0.3 is 10.6 Å². The van der Waals surface area contributed by atoms with Crippen LogP contribution in [0.2, 0.25) is 0 Å². The summed E-state index contributed by atoms with van der Waals surface area (Å²) in [6, 6.07) is 16.5. The first-order valence-corrected chi connectivity index (χ1v) is 11.0. The van der Waals surface area contributed by atoms with Crippen molar-refractivity contribution in [3.63, 3.8) is 0 Å². The smallest absolute Gasteiger partial charge is 0.222 e. The fourth-order valence-electron chi connectivity index (χ4n) is 4.41. The van der Waals surface area contributed by atoms with Crippen LogP contribution >= 0.6 is 0 Å². The summed E-state index contributed by atoms with van der Waals surface area (Å²) in [5.74, 6) is 1.39. The van der Waals surface area contributed by atoms with Crippen molar-refractivity contribution in [2.24, 2.45) is 7.05 Å². The van der Waals surface area contributed by atoms with Crippen LogP contribution in [0.4, 0.5) is 17.5 Å². The van der Waals surface area contributed by atoms with E-state index in [1.54, 1.807) is 12.4 Å². The van der Waals surface area contributed by atoms with Crippen LogP contribution in [0.25, 0.3) is 44.0 Å². The number of hydrogen-bond acceptors (Lipinski definition) is 7. The quantitative estimate of drug-likeness (QED) is 0.383. The Morgan fingerprint density at radius 2 is 1.82 bits per heavy atom. The molecular weight excluding hydrogens is 424 g/mol. The van der Waals surface area contributed by atoms with Crippen LogP contribution in [-0.2, 0) is 7.05 Å². The highest BCUT2D eigenvalue weighted by Gasteiger charge is 2.17. The molecule has 0 aliphatic heterocycles. The Bertz CT molecular complexity index is 1700. The topological polar surface area (TPSA) is 93.4 Å². The number of rotatable bonds is 4. The first-order chi connectivity index (χ1) is 16.6. The van der Waals surface area contributed by atoms with Gasteiger partial charge in [-0.1, -0.05) is 12.1 Å². The van der Waals surface area contributed by atoms with Gasteiger partial charge in [0, 0.05) is 48.2 Å². The third kappa shape index (κ3) is 3.27. The monoisotopic (exact) mass is 446 g/mol. The Kier molecular flexibility index (Phi) is 4.58. The van der Waals surface area contributed by atoms with Crippen molar-refractivity contribution in [3.8, 4) is 11.1 Å². The van der Waals surface area contributed by atoms with E-state index in [1.807, 2.05) is 49.2 Å². The molecule has 0 bridgehead atoms. The highest BCUT2D eigenvalue weighted by molar-refractivity contribution is 6.03. The molecule has 166 valence electrons. The number of nitrogens with one attached hydrogen (secondary N) is 2. The zero-order valence-corrected chi connectivity index (χ0v) is 19.0. The summed E-state index contributed by atoms with van der Waals surface area (Å²) in [7, 11) is 3.79. The van der Waals surface area contributed by atoms with E-state index in [1.165, 1.54) is 5.56 Å². The first kappa shape index (κ1) is 20.0. The van der Waals surface area contributed by atoms with Crippen LogP contribution in [-0.4, -0.2) is 36.8 Å². The number of aryl methyl sites for hydroxylation is 2. The molecule has 34 heavy (non-hydrogen) atoms. The van der Waals surface area contributed by atoms with Crippen molar-refractivity contribution in [2.75, 3.05) is 17.7 Å². The average Bonchev–Trinajstić information content (AvgIpc) is 3.18. The predicted octanol–water partition coefficient (Wildman–Crippen LogP) is 5.22. The molecule has 0 aliphatic carbocycles. The summed E-state index contributed by atoms with van der Waals surface area (Å²) < 4.78 is 1.93. The molecule has 0 saturated heterocycles. The highest BCUT2D eigenvalue weighted by Crippen LogP contribution is 2.37.